The average Bonchev–Trinajstić information content (AvgIpc) is 3.23. The Balaban J connectivity index is 1.92. The van der Waals surface area contributed by atoms with Crippen molar-refractivity contribution >= 4 is 49.8 Å². The summed E-state index contributed by atoms with van der Waals surface area (Å²) in [4.78, 5) is 12.9. The van der Waals surface area contributed by atoms with E-state index in [1.807, 2.05) is 13.8 Å². The third-order valence-corrected chi connectivity index (χ3v) is 7.98. The van der Waals surface area contributed by atoms with E-state index in [1.165, 1.54) is 49.5 Å². The lowest BCUT2D eigenvalue weighted by atomic mass is 10.3. The van der Waals surface area contributed by atoms with Gasteiger partial charge in [-0.05, 0) is 36.4 Å². The first-order valence-electron chi connectivity index (χ1n) is 9.84. The van der Waals surface area contributed by atoms with Gasteiger partial charge in [0, 0.05) is 5.25 Å². The molecular formula is C21H24N4O5S3. The van der Waals surface area contributed by atoms with E-state index in [-0.39, 0.29) is 10.6 Å². The third-order valence-electron chi connectivity index (χ3n) is 4.28. The highest BCUT2D eigenvalue weighted by Crippen LogP contribution is 2.33. The third kappa shape index (κ3) is 6.15. The number of para-hydroxylation sites is 2. The van der Waals surface area contributed by atoms with Crippen LogP contribution in [0.5, 0.6) is 11.5 Å². The summed E-state index contributed by atoms with van der Waals surface area (Å²) >= 11 is 2.76. The van der Waals surface area contributed by atoms with E-state index < -0.39 is 22.5 Å². The molecule has 0 radical (unpaired) electrons. The topological polar surface area (TPSA) is 111 Å². The lowest BCUT2D eigenvalue weighted by molar-refractivity contribution is -0.114. The molecule has 1 N–H and O–H groups in total. The number of nitrogens with zero attached hydrogens (tertiary/aromatic N) is 3. The maximum absolute atomic E-state index is 13.5. The van der Waals surface area contributed by atoms with Gasteiger partial charge in [0.1, 0.15) is 18.0 Å². The second-order valence-electron chi connectivity index (χ2n) is 6.95. The van der Waals surface area contributed by atoms with Gasteiger partial charge in [0.15, 0.2) is 4.34 Å². The van der Waals surface area contributed by atoms with E-state index in [2.05, 4.69) is 15.5 Å². The number of thioether (sulfide) groups is 1. The summed E-state index contributed by atoms with van der Waals surface area (Å²) in [5.74, 6) is 0.269. The zero-order valence-corrected chi connectivity index (χ0v) is 21.0. The van der Waals surface area contributed by atoms with Gasteiger partial charge in [-0.1, -0.05) is 49.1 Å². The minimum Gasteiger partial charge on any atom is -0.497 e. The number of aromatic nitrogens is 2. The number of benzene rings is 2. The van der Waals surface area contributed by atoms with Crippen LogP contribution in [0.1, 0.15) is 13.8 Å². The molecular weight excluding hydrogens is 484 g/mol. The molecule has 0 saturated carbocycles. The van der Waals surface area contributed by atoms with Crippen LogP contribution in [0.2, 0.25) is 0 Å². The molecule has 3 aromatic rings. The van der Waals surface area contributed by atoms with Crippen molar-refractivity contribution in [3.05, 3.63) is 48.5 Å². The summed E-state index contributed by atoms with van der Waals surface area (Å²) in [6, 6.07) is 12.5. The van der Waals surface area contributed by atoms with Crippen LogP contribution >= 0.6 is 23.1 Å². The number of amides is 1. The zero-order chi connectivity index (χ0) is 24.0. The van der Waals surface area contributed by atoms with Gasteiger partial charge in [-0.2, -0.15) is 0 Å². The molecule has 1 amide bonds. The van der Waals surface area contributed by atoms with E-state index in [9.17, 15) is 13.2 Å². The first kappa shape index (κ1) is 24.8. The van der Waals surface area contributed by atoms with Gasteiger partial charge in [0.2, 0.25) is 11.0 Å². The summed E-state index contributed by atoms with van der Waals surface area (Å²) in [5.41, 5.74) is 0.235. The van der Waals surface area contributed by atoms with Gasteiger partial charge >= 0.3 is 0 Å². The molecule has 0 fully saturated rings. The zero-order valence-electron chi connectivity index (χ0n) is 18.5. The largest absolute Gasteiger partial charge is 0.497 e. The number of hydrogen-bond acceptors (Lipinski definition) is 9. The number of sulfonamides is 1. The van der Waals surface area contributed by atoms with Crippen LogP contribution < -0.4 is 19.1 Å². The Morgan fingerprint density at radius 1 is 1.09 bits per heavy atom. The Bertz CT molecular complexity index is 1200. The molecule has 12 heteroatoms. The number of carbonyl (C=O) groups excluding carboxylic acids is 1. The molecule has 2 aromatic carbocycles. The Hall–Kier alpha value is -2.83. The molecule has 0 bridgehead atoms. The molecule has 0 aliphatic heterocycles. The van der Waals surface area contributed by atoms with Crippen LogP contribution in [-0.2, 0) is 14.8 Å². The minimum atomic E-state index is -4.11. The van der Waals surface area contributed by atoms with Crippen LogP contribution in [0.3, 0.4) is 0 Å². The summed E-state index contributed by atoms with van der Waals surface area (Å²) in [6.07, 6.45) is 0. The van der Waals surface area contributed by atoms with Crippen LogP contribution in [0, 0.1) is 0 Å². The van der Waals surface area contributed by atoms with Crippen LogP contribution in [0.4, 0.5) is 10.8 Å². The Morgan fingerprint density at radius 3 is 2.42 bits per heavy atom. The molecule has 0 unspecified atom stereocenters. The van der Waals surface area contributed by atoms with Gasteiger partial charge in [-0.3, -0.25) is 14.4 Å². The fourth-order valence-electron chi connectivity index (χ4n) is 2.81. The lowest BCUT2D eigenvalue weighted by Crippen LogP contribution is -2.38. The molecule has 176 valence electrons. The van der Waals surface area contributed by atoms with E-state index in [4.69, 9.17) is 9.47 Å². The smallest absolute Gasteiger partial charge is 0.264 e. The van der Waals surface area contributed by atoms with Crippen molar-refractivity contribution in [2.45, 2.75) is 28.3 Å². The molecule has 33 heavy (non-hydrogen) atoms. The summed E-state index contributed by atoms with van der Waals surface area (Å²) < 4.78 is 39.3. The van der Waals surface area contributed by atoms with E-state index in [0.29, 0.717) is 26.2 Å². The second-order valence-corrected chi connectivity index (χ2v) is 11.6. The van der Waals surface area contributed by atoms with Gasteiger partial charge in [0.05, 0.1) is 24.8 Å². The van der Waals surface area contributed by atoms with Crippen molar-refractivity contribution in [1.82, 2.24) is 10.2 Å². The van der Waals surface area contributed by atoms with Crippen molar-refractivity contribution in [2.24, 2.45) is 0 Å². The molecule has 9 nitrogen and oxygen atoms in total. The Labute approximate surface area is 201 Å². The highest BCUT2D eigenvalue weighted by Gasteiger charge is 2.29. The van der Waals surface area contributed by atoms with Gasteiger partial charge < -0.3 is 9.47 Å². The van der Waals surface area contributed by atoms with Crippen molar-refractivity contribution < 1.29 is 22.7 Å². The summed E-state index contributed by atoms with van der Waals surface area (Å²) in [6.45, 7) is 3.57. The highest BCUT2D eigenvalue weighted by atomic mass is 32.2. The fourth-order valence-corrected chi connectivity index (χ4v) is 6.23. The van der Waals surface area contributed by atoms with E-state index in [0.717, 1.165) is 4.31 Å². The number of nitrogens with one attached hydrogen (secondary N) is 1. The SMILES string of the molecule is COc1ccc(S(=O)(=O)N(CC(=O)Nc2nnc(SC(C)C)s2)c2ccccc2OC)cc1. The summed E-state index contributed by atoms with van der Waals surface area (Å²) in [5, 5.41) is 11.3. The molecule has 3 rings (SSSR count). The number of hydrogen-bond donors (Lipinski definition) is 1. The molecule has 0 saturated heterocycles. The standard InChI is InChI=1S/C21H24N4O5S3/c1-14(2)31-21-24-23-20(32-21)22-19(26)13-25(17-7-5-6-8-18(17)30-4)33(27,28)16-11-9-15(29-3)10-12-16/h5-12,14H,13H2,1-4H3,(H,22,23,26). The van der Waals surface area contributed by atoms with E-state index in [1.54, 1.807) is 36.4 Å². The predicted molar refractivity (Wildman–Crippen MR) is 130 cm³/mol. The number of methoxy groups -OCH3 is 2. The second kappa shape index (κ2) is 10.9. The van der Waals surface area contributed by atoms with Crippen molar-refractivity contribution in [3.63, 3.8) is 0 Å². The monoisotopic (exact) mass is 508 g/mol. The number of ether oxygens (including phenoxy) is 2. The number of carbonyl (C=O) groups is 1. The minimum absolute atomic E-state index is 0.00791. The molecule has 0 atom stereocenters. The average molecular weight is 509 g/mol. The van der Waals surface area contributed by atoms with Crippen LogP contribution in [0.25, 0.3) is 0 Å². The lowest BCUT2D eigenvalue weighted by Gasteiger charge is -2.25. The fraction of sp³-hybridized carbons (Fsp3) is 0.286. The van der Waals surface area contributed by atoms with E-state index >= 15 is 0 Å². The van der Waals surface area contributed by atoms with Crippen LogP contribution in [0.15, 0.2) is 57.8 Å². The first-order valence-corrected chi connectivity index (χ1v) is 13.0. The van der Waals surface area contributed by atoms with Crippen molar-refractivity contribution in [3.8, 4) is 11.5 Å². The highest BCUT2D eigenvalue weighted by molar-refractivity contribution is 8.01. The number of rotatable bonds is 10. The molecule has 0 aliphatic rings. The Kier molecular flexibility index (Phi) is 8.16. The van der Waals surface area contributed by atoms with Crippen molar-refractivity contribution in [2.75, 3.05) is 30.4 Å². The maximum atomic E-state index is 13.5. The molecule has 1 aromatic heterocycles. The molecule has 0 aliphatic carbocycles. The first-order chi connectivity index (χ1) is 15.7. The predicted octanol–water partition coefficient (Wildman–Crippen LogP) is 3.89. The van der Waals surface area contributed by atoms with Gasteiger partial charge in [0.25, 0.3) is 10.0 Å². The van der Waals surface area contributed by atoms with Gasteiger partial charge in [-0.25, -0.2) is 8.42 Å². The van der Waals surface area contributed by atoms with Crippen molar-refractivity contribution in [1.29, 1.82) is 0 Å². The summed E-state index contributed by atoms with van der Waals surface area (Å²) in [7, 11) is -1.18. The van der Waals surface area contributed by atoms with Gasteiger partial charge in [-0.15, -0.1) is 10.2 Å². The maximum Gasteiger partial charge on any atom is 0.264 e. The normalized spacial score (nSPS) is 11.3. The van der Waals surface area contributed by atoms with Crippen LogP contribution in [-0.4, -0.2) is 50.5 Å². The number of anilines is 2. The Morgan fingerprint density at radius 2 is 1.79 bits per heavy atom. The quantitative estimate of drug-likeness (QED) is 0.324. The molecule has 0 spiro atoms. The molecule has 1 heterocycles.